The molecule has 1 aromatic heterocycles. The number of hydrogen-bond acceptors (Lipinski definition) is 3. The molecule has 1 N–H and O–H groups in total. The van der Waals surface area contributed by atoms with E-state index in [0.29, 0.717) is 16.5 Å². The lowest BCUT2D eigenvalue weighted by Crippen LogP contribution is -2.04. The van der Waals surface area contributed by atoms with Crippen molar-refractivity contribution in [3.63, 3.8) is 0 Å². The lowest BCUT2D eigenvalue weighted by molar-refractivity contribution is 0.449. The Hall–Kier alpha value is -2.55. The van der Waals surface area contributed by atoms with Crippen LogP contribution in [0.2, 0.25) is 0 Å². The molecule has 0 aliphatic carbocycles. The van der Waals surface area contributed by atoms with E-state index in [9.17, 15) is 9.90 Å². The topological polar surface area (TPSA) is 50.4 Å². The third-order valence-corrected chi connectivity index (χ3v) is 3.63. The van der Waals surface area contributed by atoms with Crippen molar-refractivity contribution >= 4 is 11.0 Å². The second-order valence-electron chi connectivity index (χ2n) is 5.43. The van der Waals surface area contributed by atoms with Gasteiger partial charge in [0, 0.05) is 5.56 Å². The maximum atomic E-state index is 12.4. The zero-order chi connectivity index (χ0) is 15.1. The van der Waals surface area contributed by atoms with Crippen LogP contribution in [0.1, 0.15) is 16.7 Å². The summed E-state index contributed by atoms with van der Waals surface area (Å²) in [5.74, 6) is -0.115. The maximum absolute atomic E-state index is 12.4. The van der Waals surface area contributed by atoms with Gasteiger partial charge < -0.3 is 9.52 Å². The van der Waals surface area contributed by atoms with Gasteiger partial charge in [-0.2, -0.15) is 0 Å². The zero-order valence-electron chi connectivity index (χ0n) is 12.2. The van der Waals surface area contributed by atoms with Gasteiger partial charge >= 0.3 is 0 Å². The van der Waals surface area contributed by atoms with Gasteiger partial charge in [-0.1, -0.05) is 35.9 Å². The van der Waals surface area contributed by atoms with Gasteiger partial charge in [-0.25, -0.2) is 0 Å². The van der Waals surface area contributed by atoms with Crippen LogP contribution in [0.25, 0.3) is 22.3 Å². The molecule has 0 atom stereocenters. The quantitative estimate of drug-likeness (QED) is 0.730. The molecule has 0 aliphatic heterocycles. The van der Waals surface area contributed by atoms with E-state index in [1.165, 1.54) is 0 Å². The molecule has 0 fully saturated rings. The summed E-state index contributed by atoms with van der Waals surface area (Å²) in [4.78, 5) is 12.4. The van der Waals surface area contributed by atoms with Crippen molar-refractivity contribution in [1.82, 2.24) is 0 Å². The van der Waals surface area contributed by atoms with Crippen molar-refractivity contribution in [2.45, 2.75) is 20.8 Å². The minimum absolute atomic E-state index is 0.220. The Morgan fingerprint density at radius 2 is 1.62 bits per heavy atom. The van der Waals surface area contributed by atoms with Gasteiger partial charge in [-0.3, -0.25) is 4.79 Å². The highest BCUT2D eigenvalue weighted by Gasteiger charge is 2.16. The Balaban J connectivity index is 2.37. The molecule has 21 heavy (non-hydrogen) atoms. The Bertz CT molecular complexity index is 887. The van der Waals surface area contributed by atoms with E-state index in [2.05, 4.69) is 0 Å². The fourth-order valence-electron chi connectivity index (χ4n) is 2.58. The summed E-state index contributed by atoms with van der Waals surface area (Å²) in [5.41, 5.74) is 3.74. The molecular weight excluding hydrogens is 264 g/mol. The largest absolute Gasteiger partial charge is 0.502 e. The molecule has 0 spiro atoms. The normalized spacial score (nSPS) is 11.0. The Kier molecular flexibility index (Phi) is 3.05. The van der Waals surface area contributed by atoms with E-state index in [0.717, 1.165) is 16.7 Å². The van der Waals surface area contributed by atoms with Crippen LogP contribution in [0.4, 0.5) is 0 Å². The Morgan fingerprint density at radius 1 is 0.952 bits per heavy atom. The average molecular weight is 280 g/mol. The first-order valence-corrected chi connectivity index (χ1v) is 6.81. The van der Waals surface area contributed by atoms with E-state index in [4.69, 9.17) is 4.42 Å². The molecule has 1 heterocycles. The first-order valence-electron chi connectivity index (χ1n) is 6.81. The summed E-state index contributed by atoms with van der Waals surface area (Å²) in [6.45, 7) is 5.77. The Morgan fingerprint density at radius 3 is 2.29 bits per heavy atom. The van der Waals surface area contributed by atoms with Crippen LogP contribution in [-0.2, 0) is 0 Å². The van der Waals surface area contributed by atoms with Crippen LogP contribution in [0, 0.1) is 20.8 Å². The van der Waals surface area contributed by atoms with E-state index in [1.54, 1.807) is 0 Å². The van der Waals surface area contributed by atoms with Gasteiger partial charge in [0.15, 0.2) is 5.76 Å². The third kappa shape index (κ3) is 2.21. The second-order valence-corrected chi connectivity index (χ2v) is 5.43. The molecule has 106 valence electrons. The predicted octanol–water partition coefficient (Wildman–Crippen LogP) is 4.09. The van der Waals surface area contributed by atoms with Gasteiger partial charge in [0.25, 0.3) is 0 Å². The minimum Gasteiger partial charge on any atom is -0.502 e. The van der Waals surface area contributed by atoms with Crippen molar-refractivity contribution in [3.05, 3.63) is 63.3 Å². The fourth-order valence-corrected chi connectivity index (χ4v) is 2.58. The van der Waals surface area contributed by atoms with Gasteiger partial charge in [0.05, 0.1) is 5.39 Å². The second kappa shape index (κ2) is 4.77. The monoisotopic (exact) mass is 280 g/mol. The molecule has 3 nitrogen and oxygen atoms in total. The summed E-state index contributed by atoms with van der Waals surface area (Å²) in [7, 11) is 0. The zero-order valence-corrected chi connectivity index (χ0v) is 12.2. The lowest BCUT2D eigenvalue weighted by Gasteiger charge is -2.08. The van der Waals surface area contributed by atoms with Crippen molar-refractivity contribution in [2.24, 2.45) is 0 Å². The first kappa shape index (κ1) is 13.4. The van der Waals surface area contributed by atoms with Crippen LogP contribution < -0.4 is 5.43 Å². The van der Waals surface area contributed by atoms with Crippen molar-refractivity contribution in [3.8, 4) is 17.1 Å². The highest BCUT2D eigenvalue weighted by molar-refractivity contribution is 5.85. The van der Waals surface area contributed by atoms with Crippen LogP contribution in [-0.4, -0.2) is 5.11 Å². The molecule has 0 aliphatic rings. The van der Waals surface area contributed by atoms with Crippen molar-refractivity contribution in [1.29, 1.82) is 0 Å². The SMILES string of the molecule is Cc1ccc(-c2oc3cc(C)cc(C)c3c(=O)c2O)cc1. The maximum Gasteiger partial charge on any atom is 0.235 e. The molecule has 2 aromatic carbocycles. The molecule has 0 saturated heterocycles. The highest BCUT2D eigenvalue weighted by Crippen LogP contribution is 2.31. The first-order chi connectivity index (χ1) is 9.97. The molecule has 0 bridgehead atoms. The molecule has 0 unspecified atom stereocenters. The van der Waals surface area contributed by atoms with Crippen molar-refractivity contribution < 1.29 is 9.52 Å². The van der Waals surface area contributed by atoms with E-state index in [1.807, 2.05) is 57.2 Å². The van der Waals surface area contributed by atoms with E-state index < -0.39 is 0 Å². The van der Waals surface area contributed by atoms with Crippen LogP contribution in [0.5, 0.6) is 5.75 Å². The molecule has 3 heteroatoms. The summed E-state index contributed by atoms with van der Waals surface area (Å²) >= 11 is 0. The summed E-state index contributed by atoms with van der Waals surface area (Å²) < 4.78 is 5.81. The smallest absolute Gasteiger partial charge is 0.235 e. The van der Waals surface area contributed by atoms with Crippen molar-refractivity contribution in [2.75, 3.05) is 0 Å². The average Bonchev–Trinajstić information content (AvgIpc) is 2.43. The number of rotatable bonds is 1. The highest BCUT2D eigenvalue weighted by atomic mass is 16.4. The minimum atomic E-state index is -0.385. The van der Waals surface area contributed by atoms with Gasteiger partial charge in [0.2, 0.25) is 11.2 Å². The third-order valence-electron chi connectivity index (χ3n) is 3.63. The molecular formula is C18H16O3. The van der Waals surface area contributed by atoms with Gasteiger partial charge in [-0.05, 0) is 38.0 Å². The van der Waals surface area contributed by atoms with E-state index in [-0.39, 0.29) is 16.9 Å². The molecule has 3 aromatic rings. The molecule has 0 radical (unpaired) electrons. The number of aryl methyl sites for hydroxylation is 3. The van der Waals surface area contributed by atoms with Crippen LogP contribution >= 0.6 is 0 Å². The summed E-state index contributed by atoms with van der Waals surface area (Å²) in [6, 6.07) is 11.2. The summed E-state index contributed by atoms with van der Waals surface area (Å²) in [5, 5.41) is 10.6. The molecule has 0 saturated carbocycles. The predicted molar refractivity (Wildman–Crippen MR) is 83.8 cm³/mol. The summed E-state index contributed by atoms with van der Waals surface area (Å²) in [6.07, 6.45) is 0. The van der Waals surface area contributed by atoms with Crippen LogP contribution in [0.3, 0.4) is 0 Å². The van der Waals surface area contributed by atoms with E-state index >= 15 is 0 Å². The Labute approximate surface area is 122 Å². The van der Waals surface area contributed by atoms with Crippen LogP contribution in [0.15, 0.2) is 45.6 Å². The number of benzene rings is 2. The molecule has 3 rings (SSSR count). The van der Waals surface area contributed by atoms with Gasteiger partial charge in [-0.15, -0.1) is 0 Å². The number of fused-ring (bicyclic) bond motifs is 1. The number of hydrogen-bond donors (Lipinski definition) is 1. The molecule has 0 amide bonds. The fraction of sp³-hybridized carbons (Fsp3) is 0.167. The number of aromatic hydroxyl groups is 1. The standard InChI is InChI=1S/C18H16O3/c1-10-4-6-13(7-5-10)18-17(20)16(19)15-12(3)8-11(2)9-14(15)21-18/h4-9,20H,1-3H3. The lowest BCUT2D eigenvalue weighted by atomic mass is 10.0. The van der Waals surface area contributed by atoms with Gasteiger partial charge in [0.1, 0.15) is 5.58 Å².